The Morgan fingerprint density at radius 3 is 2.35 bits per heavy atom. The van der Waals surface area contributed by atoms with Crippen molar-refractivity contribution in [3.63, 3.8) is 0 Å². The number of carbonyl (C=O) groups excluding carboxylic acids is 1. The fraction of sp³-hybridized carbons (Fsp3) is 0.867. The van der Waals surface area contributed by atoms with Crippen LogP contribution >= 0.6 is 0 Å². The molecule has 0 aliphatic carbocycles. The van der Waals surface area contributed by atoms with E-state index in [-0.39, 0.29) is 18.4 Å². The van der Waals surface area contributed by atoms with Crippen molar-refractivity contribution in [2.75, 3.05) is 6.54 Å². The molecule has 5 heteroatoms. The number of nitrogens with one attached hydrogen (secondary N) is 1. The number of hydrogen-bond donors (Lipinski definition) is 3. The van der Waals surface area contributed by atoms with Crippen LogP contribution in [0.1, 0.15) is 59.3 Å². The monoisotopic (exact) mass is 286 g/mol. The Hall–Kier alpha value is -1.10. The van der Waals surface area contributed by atoms with Gasteiger partial charge in [0.1, 0.15) is 0 Å². The third kappa shape index (κ3) is 9.78. The number of rotatable bonds is 11. The third-order valence-electron chi connectivity index (χ3n) is 3.62. The highest BCUT2D eigenvalue weighted by molar-refractivity contribution is 5.76. The van der Waals surface area contributed by atoms with Crippen LogP contribution in [0.5, 0.6) is 0 Å². The van der Waals surface area contributed by atoms with Gasteiger partial charge in [0.25, 0.3) is 0 Å². The van der Waals surface area contributed by atoms with Crippen LogP contribution in [0.4, 0.5) is 0 Å². The summed E-state index contributed by atoms with van der Waals surface area (Å²) >= 11 is 0. The van der Waals surface area contributed by atoms with Crippen molar-refractivity contribution in [3.8, 4) is 0 Å². The standard InChI is InChI=1S/C15H30N2O3/c1-4-5-12(6-7-15(19)20)8-9-17-14(18)10-13(16)11(2)3/h11-13H,4-10,16H2,1-3H3,(H,17,18)(H,19,20). The van der Waals surface area contributed by atoms with Gasteiger partial charge in [0.15, 0.2) is 0 Å². The van der Waals surface area contributed by atoms with E-state index in [1.807, 2.05) is 13.8 Å². The molecule has 118 valence electrons. The lowest BCUT2D eigenvalue weighted by atomic mass is 9.94. The summed E-state index contributed by atoms with van der Waals surface area (Å²) in [5.41, 5.74) is 5.85. The van der Waals surface area contributed by atoms with Crippen molar-refractivity contribution in [3.05, 3.63) is 0 Å². The first kappa shape index (κ1) is 18.9. The lowest BCUT2D eigenvalue weighted by Crippen LogP contribution is -2.35. The van der Waals surface area contributed by atoms with E-state index in [1.54, 1.807) is 0 Å². The summed E-state index contributed by atoms with van der Waals surface area (Å²) in [4.78, 5) is 22.3. The maximum atomic E-state index is 11.7. The highest BCUT2D eigenvalue weighted by Gasteiger charge is 2.14. The highest BCUT2D eigenvalue weighted by atomic mass is 16.4. The first-order valence-corrected chi connectivity index (χ1v) is 7.60. The van der Waals surface area contributed by atoms with Crippen molar-refractivity contribution < 1.29 is 14.7 Å². The summed E-state index contributed by atoms with van der Waals surface area (Å²) < 4.78 is 0. The van der Waals surface area contributed by atoms with Gasteiger partial charge in [-0.3, -0.25) is 9.59 Å². The molecule has 0 heterocycles. The molecule has 0 aromatic rings. The predicted molar refractivity (Wildman–Crippen MR) is 80.3 cm³/mol. The van der Waals surface area contributed by atoms with E-state index >= 15 is 0 Å². The van der Waals surface area contributed by atoms with Gasteiger partial charge in [0, 0.05) is 25.4 Å². The molecular weight excluding hydrogens is 256 g/mol. The largest absolute Gasteiger partial charge is 0.481 e. The lowest BCUT2D eigenvalue weighted by Gasteiger charge is -2.17. The Morgan fingerprint density at radius 1 is 1.20 bits per heavy atom. The second kappa shape index (κ2) is 10.7. The van der Waals surface area contributed by atoms with Gasteiger partial charge in [0.05, 0.1) is 0 Å². The Morgan fingerprint density at radius 2 is 1.85 bits per heavy atom. The first-order valence-electron chi connectivity index (χ1n) is 7.60. The van der Waals surface area contributed by atoms with Gasteiger partial charge in [-0.1, -0.05) is 33.6 Å². The number of carbonyl (C=O) groups is 2. The van der Waals surface area contributed by atoms with Crippen molar-refractivity contribution in [2.24, 2.45) is 17.6 Å². The average molecular weight is 286 g/mol. The molecular formula is C15H30N2O3. The molecule has 0 radical (unpaired) electrons. The molecule has 20 heavy (non-hydrogen) atoms. The number of aliphatic carboxylic acids is 1. The normalized spacial score (nSPS) is 14.1. The van der Waals surface area contributed by atoms with Crippen molar-refractivity contribution in [2.45, 2.75) is 65.3 Å². The van der Waals surface area contributed by atoms with E-state index in [1.165, 1.54) is 0 Å². The summed E-state index contributed by atoms with van der Waals surface area (Å²) in [6, 6.07) is -0.103. The summed E-state index contributed by atoms with van der Waals surface area (Å²) in [5.74, 6) is -0.0999. The second-order valence-corrected chi connectivity index (χ2v) is 5.84. The zero-order valence-corrected chi connectivity index (χ0v) is 13.0. The summed E-state index contributed by atoms with van der Waals surface area (Å²) in [7, 11) is 0. The van der Waals surface area contributed by atoms with Crippen LogP contribution in [0.15, 0.2) is 0 Å². The molecule has 0 aliphatic heterocycles. The summed E-state index contributed by atoms with van der Waals surface area (Å²) in [5, 5.41) is 11.6. The van der Waals surface area contributed by atoms with Crippen LogP contribution < -0.4 is 11.1 Å². The van der Waals surface area contributed by atoms with Crippen LogP contribution in [-0.2, 0) is 9.59 Å². The molecule has 4 N–H and O–H groups in total. The highest BCUT2D eigenvalue weighted by Crippen LogP contribution is 2.17. The van der Waals surface area contributed by atoms with Gasteiger partial charge >= 0.3 is 5.97 Å². The number of amides is 1. The van der Waals surface area contributed by atoms with Gasteiger partial charge in [0.2, 0.25) is 5.91 Å². The van der Waals surface area contributed by atoms with E-state index in [4.69, 9.17) is 10.8 Å². The number of nitrogens with two attached hydrogens (primary N) is 1. The molecule has 5 nitrogen and oxygen atoms in total. The Labute approximate surface area is 122 Å². The SMILES string of the molecule is CCCC(CCNC(=O)CC(N)C(C)C)CCC(=O)O. The minimum atomic E-state index is -0.752. The molecule has 0 fully saturated rings. The predicted octanol–water partition coefficient (Wildman–Crippen LogP) is 2.15. The minimum Gasteiger partial charge on any atom is -0.481 e. The third-order valence-corrected chi connectivity index (χ3v) is 3.62. The van der Waals surface area contributed by atoms with E-state index in [9.17, 15) is 9.59 Å². The van der Waals surface area contributed by atoms with E-state index in [0.717, 1.165) is 19.3 Å². The molecule has 1 amide bonds. The minimum absolute atomic E-state index is 0.0142. The van der Waals surface area contributed by atoms with E-state index < -0.39 is 5.97 Å². The van der Waals surface area contributed by atoms with Crippen molar-refractivity contribution in [1.82, 2.24) is 5.32 Å². The van der Waals surface area contributed by atoms with Gasteiger partial charge in [-0.05, 0) is 24.7 Å². The van der Waals surface area contributed by atoms with Gasteiger partial charge in [-0.15, -0.1) is 0 Å². The van der Waals surface area contributed by atoms with E-state index in [2.05, 4.69) is 12.2 Å². The molecule has 0 rings (SSSR count). The molecule has 2 unspecified atom stereocenters. The maximum absolute atomic E-state index is 11.7. The Balaban J connectivity index is 3.92. The van der Waals surface area contributed by atoms with Crippen molar-refractivity contribution >= 4 is 11.9 Å². The van der Waals surface area contributed by atoms with Crippen LogP contribution in [-0.4, -0.2) is 29.6 Å². The fourth-order valence-electron chi connectivity index (χ4n) is 2.11. The fourth-order valence-corrected chi connectivity index (χ4v) is 2.11. The quantitative estimate of drug-likeness (QED) is 0.542. The van der Waals surface area contributed by atoms with Gasteiger partial charge in [-0.25, -0.2) is 0 Å². The molecule has 0 spiro atoms. The molecule has 0 saturated carbocycles. The van der Waals surface area contributed by atoms with Gasteiger partial charge in [-0.2, -0.15) is 0 Å². The molecule has 0 aromatic carbocycles. The van der Waals surface area contributed by atoms with Crippen LogP contribution in [0, 0.1) is 11.8 Å². The number of carboxylic acids is 1. The zero-order chi connectivity index (χ0) is 15.5. The molecule has 2 atom stereocenters. The molecule has 0 aliphatic rings. The topological polar surface area (TPSA) is 92.4 Å². The lowest BCUT2D eigenvalue weighted by molar-refractivity contribution is -0.137. The Kier molecular flexibility index (Phi) is 10.1. The van der Waals surface area contributed by atoms with Crippen LogP contribution in [0.2, 0.25) is 0 Å². The Bertz CT molecular complexity index is 293. The maximum Gasteiger partial charge on any atom is 0.303 e. The second-order valence-electron chi connectivity index (χ2n) is 5.84. The molecule has 0 aromatic heterocycles. The average Bonchev–Trinajstić information content (AvgIpc) is 2.35. The molecule has 0 saturated heterocycles. The smallest absolute Gasteiger partial charge is 0.303 e. The van der Waals surface area contributed by atoms with Crippen LogP contribution in [0.3, 0.4) is 0 Å². The van der Waals surface area contributed by atoms with Gasteiger partial charge < -0.3 is 16.2 Å². The first-order chi connectivity index (χ1) is 9.36. The van der Waals surface area contributed by atoms with Crippen molar-refractivity contribution in [1.29, 1.82) is 0 Å². The number of hydrogen-bond acceptors (Lipinski definition) is 3. The van der Waals surface area contributed by atoms with Crippen LogP contribution in [0.25, 0.3) is 0 Å². The van der Waals surface area contributed by atoms with E-state index in [0.29, 0.717) is 31.2 Å². The number of carboxylic acid groups (broad SMARTS) is 1. The summed E-state index contributed by atoms with van der Waals surface area (Å²) in [6.07, 6.45) is 4.13. The zero-order valence-electron chi connectivity index (χ0n) is 13.0. The summed E-state index contributed by atoms with van der Waals surface area (Å²) in [6.45, 7) is 6.70. The molecule has 0 bridgehead atoms.